The van der Waals surface area contributed by atoms with Crippen molar-refractivity contribution in [3.8, 4) is 0 Å². The third-order valence-electron chi connectivity index (χ3n) is 5.66. The first-order valence-electron chi connectivity index (χ1n) is 11.8. The third kappa shape index (κ3) is 13.6. The minimum Gasteiger partial charge on any atom is -0.462 e. The molecule has 2 heteroatoms. The number of esters is 1. The minimum atomic E-state index is 0.0229. The molecular weight excluding hydrogens is 344 g/mol. The van der Waals surface area contributed by atoms with Crippen molar-refractivity contribution < 1.29 is 9.53 Å². The van der Waals surface area contributed by atoms with Crippen molar-refractivity contribution in [2.75, 3.05) is 0 Å². The lowest BCUT2D eigenvalue weighted by Gasteiger charge is -2.31. The van der Waals surface area contributed by atoms with Gasteiger partial charge in [0, 0.05) is 0 Å². The summed E-state index contributed by atoms with van der Waals surface area (Å²) in [5.74, 6) is 1.73. The van der Waals surface area contributed by atoms with Gasteiger partial charge in [-0.25, -0.2) is 0 Å². The highest BCUT2D eigenvalue weighted by atomic mass is 16.5. The van der Waals surface area contributed by atoms with Crippen LogP contribution in [0.3, 0.4) is 0 Å². The van der Waals surface area contributed by atoms with Crippen LogP contribution < -0.4 is 0 Å². The smallest absolute Gasteiger partial charge is 0.309 e. The van der Waals surface area contributed by atoms with Crippen LogP contribution >= 0.6 is 0 Å². The van der Waals surface area contributed by atoms with Gasteiger partial charge in [-0.2, -0.15) is 0 Å². The van der Waals surface area contributed by atoms with Crippen LogP contribution in [0.25, 0.3) is 0 Å². The maximum absolute atomic E-state index is 13.2. The van der Waals surface area contributed by atoms with Crippen LogP contribution in [0.4, 0.5) is 0 Å². The lowest BCUT2D eigenvalue weighted by molar-refractivity contribution is -0.157. The third-order valence-corrected chi connectivity index (χ3v) is 5.66. The Morgan fingerprint density at radius 1 is 0.786 bits per heavy atom. The molecule has 0 saturated heterocycles. The van der Waals surface area contributed by atoms with Gasteiger partial charge in [0.1, 0.15) is 6.10 Å². The van der Waals surface area contributed by atoms with Crippen LogP contribution in [-0.4, -0.2) is 12.1 Å². The van der Waals surface area contributed by atoms with Gasteiger partial charge in [-0.3, -0.25) is 4.79 Å². The molecule has 168 valence electrons. The number of rotatable bonds is 12. The Labute approximate surface area is 177 Å². The zero-order valence-corrected chi connectivity index (χ0v) is 21.2. The Morgan fingerprint density at radius 2 is 1.32 bits per heavy atom. The van der Waals surface area contributed by atoms with E-state index in [9.17, 15) is 4.79 Å². The van der Waals surface area contributed by atoms with Crippen molar-refractivity contribution >= 4 is 5.97 Å². The van der Waals surface area contributed by atoms with Gasteiger partial charge in [-0.15, -0.1) is 0 Å². The fourth-order valence-electron chi connectivity index (χ4n) is 4.47. The van der Waals surface area contributed by atoms with Crippen LogP contribution in [0.1, 0.15) is 121 Å². The van der Waals surface area contributed by atoms with Crippen LogP contribution in [0.15, 0.2) is 0 Å². The molecule has 0 aromatic carbocycles. The Bertz CT molecular complexity index is 425. The summed E-state index contributed by atoms with van der Waals surface area (Å²) in [6, 6.07) is 0. The lowest BCUT2D eigenvalue weighted by atomic mass is 9.76. The van der Waals surface area contributed by atoms with E-state index in [1.165, 1.54) is 6.42 Å². The Balaban J connectivity index is 5.06. The quantitative estimate of drug-likeness (QED) is 0.310. The molecule has 0 fully saturated rings. The average molecular weight is 397 g/mol. The first kappa shape index (κ1) is 27.5. The summed E-state index contributed by atoms with van der Waals surface area (Å²) < 4.78 is 6.04. The van der Waals surface area contributed by atoms with Gasteiger partial charge in [0.2, 0.25) is 0 Å². The molecule has 0 radical (unpaired) electrons. The van der Waals surface area contributed by atoms with Crippen molar-refractivity contribution in [2.45, 2.75) is 127 Å². The SMILES string of the molecule is CCC(CCC(C)C)OC(=O)C(CCC(C)CC(C)(C)C)C(C)CC(C)(C)C. The molecule has 4 atom stereocenters. The first-order chi connectivity index (χ1) is 12.6. The van der Waals surface area contributed by atoms with E-state index in [4.69, 9.17) is 4.74 Å². The van der Waals surface area contributed by atoms with Gasteiger partial charge in [0.05, 0.1) is 5.92 Å². The Hall–Kier alpha value is -0.530. The van der Waals surface area contributed by atoms with Crippen LogP contribution in [0, 0.1) is 34.5 Å². The fourth-order valence-corrected chi connectivity index (χ4v) is 4.47. The number of carbonyl (C=O) groups excluding carboxylic acids is 1. The van der Waals surface area contributed by atoms with Crippen LogP contribution in [-0.2, 0) is 9.53 Å². The highest BCUT2D eigenvalue weighted by Crippen LogP contribution is 2.34. The second-order valence-corrected chi connectivity index (χ2v) is 12.2. The molecule has 0 aromatic heterocycles. The van der Waals surface area contributed by atoms with Gasteiger partial charge in [0.15, 0.2) is 0 Å². The van der Waals surface area contributed by atoms with Crippen LogP contribution in [0.2, 0.25) is 0 Å². The Kier molecular flexibility index (Phi) is 12.0. The molecule has 2 nitrogen and oxygen atoms in total. The molecule has 0 aliphatic heterocycles. The average Bonchev–Trinajstić information content (AvgIpc) is 2.47. The topological polar surface area (TPSA) is 26.3 Å². The van der Waals surface area contributed by atoms with E-state index in [-0.39, 0.29) is 23.4 Å². The normalized spacial score (nSPS) is 17.3. The molecule has 0 aliphatic carbocycles. The summed E-state index contributed by atoms with van der Waals surface area (Å²) in [6.45, 7) is 24.9. The first-order valence-corrected chi connectivity index (χ1v) is 11.8. The van der Waals surface area contributed by atoms with Gasteiger partial charge in [0.25, 0.3) is 0 Å². The maximum atomic E-state index is 13.2. The second-order valence-electron chi connectivity index (χ2n) is 12.2. The predicted octanol–water partition coefficient (Wildman–Crippen LogP) is 8.29. The molecule has 0 aromatic rings. The minimum absolute atomic E-state index is 0.0229. The molecule has 0 spiro atoms. The van der Waals surface area contributed by atoms with Crippen molar-refractivity contribution in [1.29, 1.82) is 0 Å². The van der Waals surface area contributed by atoms with E-state index >= 15 is 0 Å². The van der Waals surface area contributed by atoms with E-state index in [1.54, 1.807) is 0 Å². The van der Waals surface area contributed by atoms with E-state index in [0.717, 1.165) is 38.5 Å². The number of hydrogen-bond acceptors (Lipinski definition) is 2. The molecular formula is C26H52O2. The molecule has 4 unspecified atom stereocenters. The standard InChI is InChI=1S/C26H52O2/c1-12-22(15-13-19(2)3)28-24(27)23(21(5)18-26(9,10)11)16-14-20(4)17-25(6,7)8/h19-23H,12-18H2,1-11H3. The summed E-state index contributed by atoms with van der Waals surface area (Å²) in [6.07, 6.45) is 7.42. The highest BCUT2D eigenvalue weighted by Gasteiger charge is 2.31. The van der Waals surface area contributed by atoms with Gasteiger partial charge < -0.3 is 4.74 Å². The number of ether oxygens (including phenoxy) is 1. The number of hydrogen-bond donors (Lipinski definition) is 0. The molecule has 0 N–H and O–H groups in total. The molecule has 28 heavy (non-hydrogen) atoms. The van der Waals surface area contributed by atoms with Crippen LogP contribution in [0.5, 0.6) is 0 Å². The molecule has 0 saturated carbocycles. The molecule has 0 heterocycles. The summed E-state index contributed by atoms with van der Waals surface area (Å²) in [4.78, 5) is 13.2. The van der Waals surface area contributed by atoms with Crippen molar-refractivity contribution in [3.05, 3.63) is 0 Å². The Morgan fingerprint density at radius 3 is 1.75 bits per heavy atom. The number of carbonyl (C=O) groups is 1. The zero-order chi connectivity index (χ0) is 22.1. The predicted molar refractivity (Wildman–Crippen MR) is 123 cm³/mol. The summed E-state index contributed by atoms with van der Waals surface area (Å²) in [7, 11) is 0. The summed E-state index contributed by atoms with van der Waals surface area (Å²) in [5.41, 5.74) is 0.577. The lowest BCUT2D eigenvalue weighted by Crippen LogP contribution is -2.31. The van der Waals surface area contributed by atoms with Crippen molar-refractivity contribution in [3.63, 3.8) is 0 Å². The van der Waals surface area contributed by atoms with E-state index in [2.05, 4.69) is 76.2 Å². The molecule has 0 amide bonds. The van der Waals surface area contributed by atoms with E-state index in [1.807, 2.05) is 0 Å². The van der Waals surface area contributed by atoms with Crippen molar-refractivity contribution in [2.24, 2.45) is 34.5 Å². The largest absolute Gasteiger partial charge is 0.462 e. The monoisotopic (exact) mass is 396 g/mol. The summed E-state index contributed by atoms with van der Waals surface area (Å²) >= 11 is 0. The van der Waals surface area contributed by atoms with Gasteiger partial charge >= 0.3 is 5.97 Å². The second kappa shape index (κ2) is 12.2. The fraction of sp³-hybridized carbons (Fsp3) is 0.962. The highest BCUT2D eigenvalue weighted by molar-refractivity contribution is 5.73. The molecule has 0 rings (SSSR count). The van der Waals surface area contributed by atoms with E-state index in [0.29, 0.717) is 23.2 Å². The molecule has 0 aliphatic rings. The van der Waals surface area contributed by atoms with Gasteiger partial charge in [-0.05, 0) is 73.5 Å². The van der Waals surface area contributed by atoms with E-state index < -0.39 is 0 Å². The zero-order valence-electron chi connectivity index (χ0n) is 21.2. The summed E-state index contributed by atoms with van der Waals surface area (Å²) in [5, 5.41) is 0. The maximum Gasteiger partial charge on any atom is 0.309 e. The molecule has 0 bridgehead atoms. The van der Waals surface area contributed by atoms with Gasteiger partial charge in [-0.1, -0.05) is 76.2 Å². The van der Waals surface area contributed by atoms with Crippen molar-refractivity contribution in [1.82, 2.24) is 0 Å².